The number of carboxylic acid groups (broad SMARTS) is 1. The van der Waals surface area contributed by atoms with Crippen molar-refractivity contribution in [1.29, 1.82) is 0 Å². The molecular weight excluding hydrogens is 312 g/mol. The summed E-state index contributed by atoms with van der Waals surface area (Å²) in [6.45, 7) is 8.76. The number of rotatable bonds is 11. The average molecular weight is 344 g/mol. The molecule has 1 aromatic carbocycles. The Morgan fingerprint density at radius 1 is 1.24 bits per heavy atom. The van der Waals surface area contributed by atoms with Crippen LogP contribution in [0.25, 0.3) is 5.57 Å². The molecule has 0 amide bonds. The fourth-order valence-electron chi connectivity index (χ4n) is 3.52. The van der Waals surface area contributed by atoms with Crippen molar-refractivity contribution in [2.24, 2.45) is 5.92 Å². The maximum Gasteiger partial charge on any atom is 0.306 e. The van der Waals surface area contributed by atoms with Gasteiger partial charge >= 0.3 is 5.97 Å². The highest BCUT2D eigenvalue weighted by Crippen LogP contribution is 2.36. The van der Waals surface area contributed by atoms with Crippen LogP contribution in [0.2, 0.25) is 0 Å². The Hall–Kier alpha value is -1.77. The van der Waals surface area contributed by atoms with Crippen LogP contribution in [0.4, 0.5) is 0 Å². The van der Waals surface area contributed by atoms with Crippen molar-refractivity contribution in [2.75, 3.05) is 6.61 Å². The molecule has 1 unspecified atom stereocenters. The molecule has 25 heavy (non-hydrogen) atoms. The van der Waals surface area contributed by atoms with Gasteiger partial charge in [0, 0.05) is 0 Å². The van der Waals surface area contributed by atoms with Gasteiger partial charge in [-0.25, -0.2) is 0 Å². The minimum atomic E-state index is -0.728. The Bertz CT molecular complexity index is 604. The van der Waals surface area contributed by atoms with Gasteiger partial charge < -0.3 is 9.84 Å². The Morgan fingerprint density at radius 3 is 2.72 bits per heavy atom. The van der Waals surface area contributed by atoms with Crippen LogP contribution in [-0.2, 0) is 17.6 Å². The molecule has 2 rings (SSSR count). The van der Waals surface area contributed by atoms with E-state index in [0.29, 0.717) is 19.4 Å². The van der Waals surface area contributed by atoms with Crippen LogP contribution in [0.15, 0.2) is 18.7 Å². The number of allylic oxidation sites excluding steroid dienone is 1. The zero-order valence-electron chi connectivity index (χ0n) is 15.8. The van der Waals surface area contributed by atoms with E-state index in [2.05, 4.69) is 25.6 Å². The molecule has 1 aromatic rings. The Morgan fingerprint density at radius 2 is 2.04 bits per heavy atom. The standard InChI is InChI=1S/C22H32O3/c1-4-6-7-8-9-19-14-18-11-10-16(3)20(18)15-21(19)25-13-12-17(5-2)22(23)24/h14-15,17H,3-13H2,1-2H3,(H,23,24). The van der Waals surface area contributed by atoms with Gasteiger partial charge in [0.1, 0.15) is 5.75 Å². The average Bonchev–Trinajstić information content (AvgIpc) is 2.95. The van der Waals surface area contributed by atoms with Crippen molar-refractivity contribution in [3.05, 3.63) is 35.4 Å². The fraction of sp³-hybridized carbons (Fsp3) is 0.591. The molecule has 1 aliphatic rings. The maximum absolute atomic E-state index is 11.2. The summed E-state index contributed by atoms with van der Waals surface area (Å²) in [5.74, 6) is -0.121. The van der Waals surface area contributed by atoms with Crippen molar-refractivity contribution >= 4 is 11.5 Å². The molecule has 138 valence electrons. The summed E-state index contributed by atoms with van der Waals surface area (Å²) < 4.78 is 6.05. The van der Waals surface area contributed by atoms with Gasteiger partial charge in [0.25, 0.3) is 0 Å². The monoisotopic (exact) mass is 344 g/mol. The van der Waals surface area contributed by atoms with E-state index in [1.54, 1.807) is 0 Å². The molecule has 1 aliphatic carbocycles. The van der Waals surface area contributed by atoms with Crippen LogP contribution in [0.5, 0.6) is 5.75 Å². The zero-order chi connectivity index (χ0) is 18.2. The van der Waals surface area contributed by atoms with Crippen molar-refractivity contribution in [1.82, 2.24) is 0 Å². The quantitative estimate of drug-likeness (QED) is 0.528. The van der Waals surface area contributed by atoms with E-state index in [0.717, 1.165) is 25.0 Å². The SMILES string of the molecule is C=C1CCc2cc(CCCCCC)c(OCCC(CC)C(=O)O)cc21. The first kappa shape index (κ1) is 19.6. The van der Waals surface area contributed by atoms with Gasteiger partial charge in [0.05, 0.1) is 12.5 Å². The molecule has 0 radical (unpaired) electrons. The van der Waals surface area contributed by atoms with Crippen molar-refractivity contribution in [2.45, 2.75) is 71.6 Å². The van der Waals surface area contributed by atoms with Crippen LogP contribution in [0.1, 0.15) is 75.5 Å². The van der Waals surface area contributed by atoms with Crippen LogP contribution in [0.3, 0.4) is 0 Å². The number of aryl methyl sites for hydroxylation is 2. The van der Waals surface area contributed by atoms with E-state index in [4.69, 9.17) is 4.74 Å². The Labute approximate surface area is 152 Å². The second kappa shape index (κ2) is 9.65. The number of aliphatic carboxylic acids is 1. The van der Waals surface area contributed by atoms with E-state index >= 15 is 0 Å². The van der Waals surface area contributed by atoms with E-state index in [1.165, 1.54) is 47.9 Å². The van der Waals surface area contributed by atoms with Gasteiger partial charge in [-0.05, 0) is 66.9 Å². The Kier molecular flexibility index (Phi) is 7.54. The van der Waals surface area contributed by atoms with Gasteiger partial charge in [-0.2, -0.15) is 0 Å². The third-order valence-electron chi connectivity index (χ3n) is 5.23. The molecule has 0 saturated carbocycles. The van der Waals surface area contributed by atoms with Crippen molar-refractivity contribution < 1.29 is 14.6 Å². The third-order valence-corrected chi connectivity index (χ3v) is 5.23. The highest BCUT2D eigenvalue weighted by atomic mass is 16.5. The van der Waals surface area contributed by atoms with E-state index in [-0.39, 0.29) is 5.92 Å². The summed E-state index contributed by atoms with van der Waals surface area (Å²) in [7, 11) is 0. The van der Waals surface area contributed by atoms with Crippen LogP contribution in [-0.4, -0.2) is 17.7 Å². The Balaban J connectivity index is 2.06. The molecule has 3 heteroatoms. The second-order valence-corrected chi connectivity index (χ2v) is 7.11. The van der Waals surface area contributed by atoms with Gasteiger partial charge in [0.2, 0.25) is 0 Å². The predicted octanol–water partition coefficient (Wildman–Crippen LogP) is 5.65. The summed E-state index contributed by atoms with van der Waals surface area (Å²) in [5, 5.41) is 9.19. The van der Waals surface area contributed by atoms with Crippen molar-refractivity contribution in [3.63, 3.8) is 0 Å². The molecule has 0 aromatic heterocycles. The summed E-state index contributed by atoms with van der Waals surface area (Å²) >= 11 is 0. The molecule has 0 fully saturated rings. The number of carboxylic acids is 1. The molecule has 0 saturated heterocycles. The number of ether oxygens (including phenoxy) is 1. The highest BCUT2D eigenvalue weighted by Gasteiger charge is 2.19. The number of unbranched alkanes of at least 4 members (excludes halogenated alkanes) is 3. The first-order valence-electron chi connectivity index (χ1n) is 9.76. The van der Waals surface area contributed by atoms with Gasteiger partial charge in [-0.1, -0.05) is 45.8 Å². The normalized spacial score (nSPS) is 14.4. The van der Waals surface area contributed by atoms with Crippen LogP contribution < -0.4 is 4.74 Å². The number of hydrogen-bond donors (Lipinski definition) is 1. The second-order valence-electron chi connectivity index (χ2n) is 7.11. The van der Waals surface area contributed by atoms with E-state index in [9.17, 15) is 9.90 Å². The minimum Gasteiger partial charge on any atom is -0.493 e. The van der Waals surface area contributed by atoms with Gasteiger partial charge in [-0.15, -0.1) is 0 Å². The fourth-order valence-corrected chi connectivity index (χ4v) is 3.52. The summed E-state index contributed by atoms with van der Waals surface area (Å²) in [6, 6.07) is 4.44. The molecule has 1 atom stereocenters. The molecule has 0 aliphatic heterocycles. The zero-order valence-corrected chi connectivity index (χ0v) is 15.8. The molecule has 0 bridgehead atoms. The lowest BCUT2D eigenvalue weighted by molar-refractivity contribution is -0.142. The number of benzene rings is 1. The molecular formula is C22H32O3. The molecule has 0 heterocycles. The lowest BCUT2D eigenvalue weighted by Gasteiger charge is -2.16. The largest absolute Gasteiger partial charge is 0.493 e. The molecule has 3 nitrogen and oxygen atoms in total. The van der Waals surface area contributed by atoms with Crippen LogP contribution >= 0.6 is 0 Å². The summed E-state index contributed by atoms with van der Waals surface area (Å²) in [4.78, 5) is 11.2. The van der Waals surface area contributed by atoms with E-state index < -0.39 is 5.97 Å². The summed E-state index contributed by atoms with van der Waals surface area (Å²) in [6.07, 6.45) is 9.27. The van der Waals surface area contributed by atoms with Crippen LogP contribution in [0, 0.1) is 5.92 Å². The third kappa shape index (κ3) is 5.35. The maximum atomic E-state index is 11.2. The number of hydrogen-bond acceptors (Lipinski definition) is 2. The topological polar surface area (TPSA) is 46.5 Å². The van der Waals surface area contributed by atoms with Crippen molar-refractivity contribution in [3.8, 4) is 5.75 Å². The smallest absolute Gasteiger partial charge is 0.306 e. The lowest BCUT2D eigenvalue weighted by atomic mass is 9.99. The van der Waals surface area contributed by atoms with Gasteiger partial charge in [-0.3, -0.25) is 4.79 Å². The highest BCUT2D eigenvalue weighted by molar-refractivity contribution is 5.72. The number of fused-ring (bicyclic) bond motifs is 1. The minimum absolute atomic E-state index is 0.322. The predicted molar refractivity (Wildman–Crippen MR) is 103 cm³/mol. The first-order valence-corrected chi connectivity index (χ1v) is 9.76. The lowest BCUT2D eigenvalue weighted by Crippen LogP contribution is -2.16. The number of carbonyl (C=O) groups is 1. The van der Waals surface area contributed by atoms with E-state index in [1.807, 2.05) is 6.92 Å². The molecule has 1 N–H and O–H groups in total. The van der Waals surface area contributed by atoms with Gasteiger partial charge in [0.15, 0.2) is 0 Å². The first-order chi connectivity index (χ1) is 12.1. The molecule has 0 spiro atoms. The summed E-state index contributed by atoms with van der Waals surface area (Å²) in [5.41, 5.74) is 5.08.